The fourth-order valence-electron chi connectivity index (χ4n) is 5.86. The van der Waals surface area contributed by atoms with Crippen LogP contribution in [0.5, 0.6) is 5.75 Å². The zero-order valence-electron chi connectivity index (χ0n) is 20.0. The summed E-state index contributed by atoms with van der Waals surface area (Å²) in [6.45, 7) is 0.824. The number of thiophene rings is 1. The molecule has 0 radical (unpaired) electrons. The molecular weight excluding hydrogens is 496 g/mol. The monoisotopic (exact) mass is 524 g/mol. The van der Waals surface area contributed by atoms with Crippen LogP contribution in [0.15, 0.2) is 53.4 Å². The number of aromatic carboxylic acids is 1. The lowest BCUT2D eigenvalue weighted by Crippen LogP contribution is -2.46. The van der Waals surface area contributed by atoms with Gasteiger partial charge in [0.25, 0.3) is 0 Å². The van der Waals surface area contributed by atoms with Gasteiger partial charge in [0, 0.05) is 42.5 Å². The zero-order chi connectivity index (χ0) is 25.0. The van der Waals surface area contributed by atoms with Gasteiger partial charge in [-0.1, -0.05) is 37.5 Å². The van der Waals surface area contributed by atoms with E-state index in [0.29, 0.717) is 29.5 Å². The molecule has 188 valence electrons. The fraction of sp³-hybridized carbons (Fsp3) is 0.370. The molecule has 3 aromatic rings. The van der Waals surface area contributed by atoms with Crippen LogP contribution in [0.3, 0.4) is 0 Å². The number of rotatable bonds is 3. The molecule has 7 nitrogen and oxygen atoms in total. The number of carbonyl (C=O) groups is 1. The first kappa shape index (κ1) is 23.5. The molecule has 3 aliphatic rings. The molecular formula is C27H28N2O5S2. The number of ether oxygens (including phenoxy) is 1. The number of nitrogens with zero attached hydrogens (tertiary/aromatic N) is 2. The smallest absolute Gasteiger partial charge is 0.345 e. The summed E-state index contributed by atoms with van der Waals surface area (Å²) in [5.41, 5.74) is 2.89. The van der Waals surface area contributed by atoms with Gasteiger partial charge in [0.15, 0.2) is 0 Å². The Bertz CT molecular complexity index is 1430. The first-order valence-corrected chi connectivity index (χ1v) is 14.6. The summed E-state index contributed by atoms with van der Waals surface area (Å²) < 4.78 is 35.9. The summed E-state index contributed by atoms with van der Waals surface area (Å²) in [5.74, 6) is -0.124. The van der Waals surface area contributed by atoms with E-state index in [-0.39, 0.29) is 22.4 Å². The Balaban J connectivity index is 1.55. The number of hydrogen-bond acceptors (Lipinski definition) is 6. The van der Waals surface area contributed by atoms with E-state index in [1.54, 1.807) is 23.5 Å². The van der Waals surface area contributed by atoms with Crippen molar-refractivity contribution in [1.82, 2.24) is 4.31 Å². The summed E-state index contributed by atoms with van der Waals surface area (Å²) in [4.78, 5) is 15.0. The van der Waals surface area contributed by atoms with Crippen molar-refractivity contribution in [3.05, 3.63) is 58.3 Å². The molecule has 0 bridgehead atoms. The van der Waals surface area contributed by atoms with Crippen molar-refractivity contribution in [2.75, 3.05) is 18.5 Å². The summed E-state index contributed by atoms with van der Waals surface area (Å²) in [6.07, 6.45) is 5.51. The molecule has 2 aliphatic heterocycles. The van der Waals surface area contributed by atoms with Crippen LogP contribution < -0.4 is 9.64 Å². The summed E-state index contributed by atoms with van der Waals surface area (Å²) in [5, 5.41) is 9.50. The van der Waals surface area contributed by atoms with E-state index in [1.807, 2.05) is 36.4 Å². The molecule has 0 saturated heterocycles. The van der Waals surface area contributed by atoms with Gasteiger partial charge in [-0.15, -0.1) is 11.3 Å². The number of benzene rings is 2. The summed E-state index contributed by atoms with van der Waals surface area (Å²) in [7, 11) is -2.11. The highest BCUT2D eigenvalue weighted by atomic mass is 32.2. The standard InChI is InChI=1S/C27H28N2O5S2/c1-28-22(17-8-4-2-5-9-17)15-29(18-10-6-3-7-11-18)21-14-23-19(13-26(21)36(28,32)33)20-12-24(27(30)31)35-25(20)16-34-23/h3,6-7,10-14,17,22H,2,4-5,8-9,15-16H2,1H3,(H,30,31)/t22-/m0/s1. The second-order valence-corrected chi connectivity index (χ2v) is 12.9. The first-order valence-electron chi connectivity index (χ1n) is 12.3. The van der Waals surface area contributed by atoms with Crippen LogP contribution in [0, 0.1) is 5.92 Å². The first-order chi connectivity index (χ1) is 17.3. The van der Waals surface area contributed by atoms with Gasteiger partial charge in [0.05, 0.1) is 10.6 Å². The molecule has 0 unspecified atom stereocenters. The van der Waals surface area contributed by atoms with E-state index in [0.717, 1.165) is 41.8 Å². The number of likely N-dealkylation sites (N-methyl/N-ethyl adjacent to an activating group) is 1. The predicted octanol–water partition coefficient (Wildman–Crippen LogP) is 5.73. The molecule has 2 aromatic carbocycles. The number of carboxylic acid groups (broad SMARTS) is 1. The maximum absolute atomic E-state index is 14.1. The number of anilines is 2. The van der Waals surface area contributed by atoms with Gasteiger partial charge in [-0.3, -0.25) is 0 Å². The van der Waals surface area contributed by atoms with E-state index in [1.165, 1.54) is 17.8 Å². The molecule has 0 amide bonds. The predicted molar refractivity (Wildman–Crippen MR) is 140 cm³/mol. The van der Waals surface area contributed by atoms with Crippen molar-refractivity contribution in [1.29, 1.82) is 0 Å². The molecule has 6 rings (SSSR count). The van der Waals surface area contributed by atoms with E-state index in [2.05, 4.69) is 4.90 Å². The number of hydrogen-bond donors (Lipinski definition) is 1. The molecule has 1 aliphatic carbocycles. The van der Waals surface area contributed by atoms with Gasteiger partial charge in [-0.25, -0.2) is 13.2 Å². The van der Waals surface area contributed by atoms with Crippen LogP contribution >= 0.6 is 11.3 Å². The van der Waals surface area contributed by atoms with Gasteiger partial charge < -0.3 is 14.7 Å². The fourth-order valence-corrected chi connectivity index (χ4v) is 8.39. The zero-order valence-corrected chi connectivity index (χ0v) is 21.6. The minimum atomic E-state index is -3.82. The molecule has 1 fully saturated rings. The molecule has 1 atom stereocenters. The lowest BCUT2D eigenvalue weighted by Gasteiger charge is -2.36. The quantitative estimate of drug-likeness (QED) is 0.471. The van der Waals surface area contributed by atoms with Gasteiger partial charge >= 0.3 is 5.97 Å². The lowest BCUT2D eigenvalue weighted by molar-refractivity contribution is 0.0702. The minimum Gasteiger partial charge on any atom is -0.487 e. The average molecular weight is 525 g/mol. The third kappa shape index (κ3) is 3.81. The average Bonchev–Trinajstić information content (AvgIpc) is 3.32. The highest BCUT2D eigenvalue weighted by Gasteiger charge is 2.41. The maximum atomic E-state index is 14.1. The third-order valence-electron chi connectivity index (χ3n) is 7.78. The third-order valence-corrected chi connectivity index (χ3v) is 10.8. The largest absolute Gasteiger partial charge is 0.487 e. The topological polar surface area (TPSA) is 87.2 Å². The van der Waals surface area contributed by atoms with Crippen LogP contribution in [0.4, 0.5) is 11.4 Å². The molecule has 1 saturated carbocycles. The van der Waals surface area contributed by atoms with Crippen LogP contribution in [0.25, 0.3) is 11.1 Å². The van der Waals surface area contributed by atoms with Gasteiger partial charge in [0.2, 0.25) is 10.0 Å². The lowest BCUT2D eigenvalue weighted by atomic mass is 9.83. The maximum Gasteiger partial charge on any atom is 0.345 e. The van der Waals surface area contributed by atoms with Crippen LogP contribution in [-0.2, 0) is 16.6 Å². The SMILES string of the molecule is CN1[C@H](C2CCCCC2)CN(c2ccccc2)c2cc3c(cc2S1(=O)=O)-c1cc(C(=O)O)sc1CO3. The number of sulfonamides is 1. The minimum absolute atomic E-state index is 0.156. The summed E-state index contributed by atoms with van der Waals surface area (Å²) >= 11 is 1.17. The van der Waals surface area contributed by atoms with Crippen molar-refractivity contribution in [2.24, 2.45) is 5.92 Å². The van der Waals surface area contributed by atoms with Crippen molar-refractivity contribution in [3.63, 3.8) is 0 Å². The van der Waals surface area contributed by atoms with Crippen LogP contribution in [0.2, 0.25) is 0 Å². The number of carboxylic acids is 1. The second kappa shape index (κ2) is 8.90. The van der Waals surface area contributed by atoms with E-state index >= 15 is 0 Å². The molecule has 1 aromatic heterocycles. The van der Waals surface area contributed by atoms with E-state index in [9.17, 15) is 18.3 Å². The molecule has 3 heterocycles. The number of para-hydroxylation sites is 1. The Morgan fingerprint density at radius 1 is 1.06 bits per heavy atom. The molecule has 0 spiro atoms. The normalized spacial score (nSPS) is 21.6. The number of fused-ring (bicyclic) bond motifs is 4. The van der Waals surface area contributed by atoms with Crippen molar-refractivity contribution < 1.29 is 23.1 Å². The highest BCUT2D eigenvalue weighted by Crippen LogP contribution is 2.49. The van der Waals surface area contributed by atoms with Gasteiger partial charge in [-0.05, 0) is 43.0 Å². The molecule has 36 heavy (non-hydrogen) atoms. The van der Waals surface area contributed by atoms with Crippen molar-refractivity contribution in [2.45, 2.75) is 49.6 Å². The highest BCUT2D eigenvalue weighted by molar-refractivity contribution is 7.89. The molecule has 1 N–H and O–H groups in total. The molecule has 9 heteroatoms. The van der Waals surface area contributed by atoms with Crippen LogP contribution in [0.1, 0.15) is 46.7 Å². The van der Waals surface area contributed by atoms with Gasteiger partial charge in [0.1, 0.15) is 22.1 Å². The van der Waals surface area contributed by atoms with Crippen molar-refractivity contribution >= 4 is 38.7 Å². The van der Waals surface area contributed by atoms with Gasteiger partial charge in [-0.2, -0.15) is 4.31 Å². The van der Waals surface area contributed by atoms with E-state index < -0.39 is 16.0 Å². The van der Waals surface area contributed by atoms with Crippen molar-refractivity contribution in [3.8, 4) is 16.9 Å². The Morgan fingerprint density at radius 3 is 2.53 bits per heavy atom. The Morgan fingerprint density at radius 2 is 1.81 bits per heavy atom. The Hall–Kier alpha value is -2.88. The Kier molecular flexibility index (Phi) is 5.81. The Labute approximate surface area is 215 Å². The summed E-state index contributed by atoms with van der Waals surface area (Å²) in [6, 6.07) is 14.9. The van der Waals surface area contributed by atoms with E-state index in [4.69, 9.17) is 4.74 Å². The second-order valence-electron chi connectivity index (χ2n) is 9.79. The van der Waals surface area contributed by atoms with Crippen LogP contribution in [-0.4, -0.2) is 43.4 Å².